The van der Waals surface area contributed by atoms with Crippen LogP contribution in [-0.4, -0.2) is 61.3 Å². The lowest BCUT2D eigenvalue weighted by Crippen LogP contribution is -2.36. The lowest BCUT2D eigenvalue weighted by molar-refractivity contribution is -0.128. The normalized spacial score (nSPS) is 17.1. The summed E-state index contributed by atoms with van der Waals surface area (Å²) >= 11 is 0. The molecule has 1 aromatic heterocycles. The maximum Gasteiger partial charge on any atom is 0.248 e. The van der Waals surface area contributed by atoms with E-state index in [1.54, 1.807) is 17.9 Å². The zero-order valence-electron chi connectivity index (χ0n) is 12.9. The third-order valence-corrected chi connectivity index (χ3v) is 5.47. The first kappa shape index (κ1) is 16.7. The number of hydrogen-bond donors (Lipinski definition) is 0. The molecule has 1 aliphatic rings. The number of carbonyl (C=O) groups excluding carboxylic acids is 1. The van der Waals surface area contributed by atoms with Gasteiger partial charge in [0, 0.05) is 39.3 Å². The summed E-state index contributed by atoms with van der Waals surface area (Å²) in [6, 6.07) is 1.55. The van der Waals surface area contributed by atoms with Crippen molar-refractivity contribution in [2.45, 2.75) is 25.2 Å². The maximum atomic E-state index is 12.8. The van der Waals surface area contributed by atoms with Crippen LogP contribution in [0.15, 0.2) is 23.4 Å². The van der Waals surface area contributed by atoms with Crippen molar-refractivity contribution in [3.05, 3.63) is 18.5 Å². The van der Waals surface area contributed by atoms with Crippen molar-refractivity contribution in [2.24, 2.45) is 0 Å². The van der Waals surface area contributed by atoms with E-state index in [0.29, 0.717) is 38.4 Å². The van der Waals surface area contributed by atoms with E-state index in [0.717, 1.165) is 0 Å². The van der Waals surface area contributed by atoms with Gasteiger partial charge in [-0.05, 0) is 19.4 Å². The summed E-state index contributed by atoms with van der Waals surface area (Å²) < 4.78 is 32.4. The van der Waals surface area contributed by atoms with Gasteiger partial charge < -0.3 is 9.64 Å². The van der Waals surface area contributed by atoms with Crippen LogP contribution in [0.2, 0.25) is 0 Å². The summed E-state index contributed by atoms with van der Waals surface area (Å²) in [4.78, 5) is 17.1. The van der Waals surface area contributed by atoms with Gasteiger partial charge in [-0.25, -0.2) is 8.42 Å². The van der Waals surface area contributed by atoms with Gasteiger partial charge in [0.25, 0.3) is 0 Å². The Kier molecular flexibility index (Phi) is 5.36. The molecule has 2 heterocycles. The van der Waals surface area contributed by atoms with E-state index in [9.17, 15) is 13.2 Å². The molecule has 2 rings (SSSR count). The monoisotopic (exact) mass is 327 g/mol. The van der Waals surface area contributed by atoms with Crippen molar-refractivity contribution in [1.29, 1.82) is 0 Å². The molecule has 0 spiro atoms. The standard InChI is InChI=1S/C14H21N3O4S/c1-3-21-13-5-6-15-11-14(13)22(19,20)17-8-4-7-16(9-10-17)12(2)18/h5-6,11H,3-4,7-10H2,1-2H3. The summed E-state index contributed by atoms with van der Waals surface area (Å²) in [5.41, 5.74) is 0. The first-order valence-electron chi connectivity index (χ1n) is 7.29. The van der Waals surface area contributed by atoms with E-state index in [-0.39, 0.29) is 17.3 Å². The van der Waals surface area contributed by atoms with Gasteiger partial charge in [0.05, 0.1) is 12.8 Å². The zero-order valence-corrected chi connectivity index (χ0v) is 13.7. The molecule has 1 amide bonds. The Labute approximate surface area is 130 Å². The minimum absolute atomic E-state index is 0.0318. The third-order valence-electron chi connectivity index (χ3n) is 3.56. The predicted octanol–water partition coefficient (Wildman–Crippen LogP) is 0.723. The number of carbonyl (C=O) groups is 1. The molecule has 0 aliphatic carbocycles. The van der Waals surface area contributed by atoms with Gasteiger partial charge in [0.15, 0.2) is 0 Å². The molecule has 8 heteroatoms. The second-order valence-electron chi connectivity index (χ2n) is 5.02. The van der Waals surface area contributed by atoms with Crippen molar-refractivity contribution >= 4 is 15.9 Å². The van der Waals surface area contributed by atoms with Gasteiger partial charge in [-0.2, -0.15) is 4.31 Å². The fourth-order valence-corrected chi connectivity index (χ4v) is 3.97. The van der Waals surface area contributed by atoms with Gasteiger partial charge in [0.1, 0.15) is 10.6 Å². The van der Waals surface area contributed by atoms with Crippen LogP contribution in [0.5, 0.6) is 5.75 Å². The molecule has 0 unspecified atom stereocenters. The second kappa shape index (κ2) is 7.06. The van der Waals surface area contributed by atoms with E-state index in [1.165, 1.54) is 23.6 Å². The van der Waals surface area contributed by atoms with Crippen molar-refractivity contribution in [3.8, 4) is 5.75 Å². The van der Waals surface area contributed by atoms with Crippen molar-refractivity contribution in [3.63, 3.8) is 0 Å². The average molecular weight is 327 g/mol. The van der Waals surface area contributed by atoms with Crippen LogP contribution < -0.4 is 4.74 Å². The summed E-state index contributed by atoms with van der Waals surface area (Å²) in [6.07, 6.45) is 3.43. The molecule has 0 bridgehead atoms. The van der Waals surface area contributed by atoms with E-state index in [4.69, 9.17) is 4.74 Å². The molecular weight excluding hydrogens is 306 g/mol. The minimum atomic E-state index is -3.68. The number of ether oxygens (including phenoxy) is 1. The molecule has 1 saturated heterocycles. The Morgan fingerprint density at radius 1 is 1.32 bits per heavy atom. The van der Waals surface area contributed by atoms with Crippen LogP contribution >= 0.6 is 0 Å². The van der Waals surface area contributed by atoms with Crippen LogP contribution in [0, 0.1) is 0 Å². The van der Waals surface area contributed by atoms with Gasteiger partial charge in [0.2, 0.25) is 15.9 Å². The first-order valence-corrected chi connectivity index (χ1v) is 8.73. The van der Waals surface area contributed by atoms with E-state index in [2.05, 4.69) is 4.98 Å². The minimum Gasteiger partial charge on any atom is -0.492 e. The lowest BCUT2D eigenvalue weighted by atomic mass is 10.4. The fourth-order valence-electron chi connectivity index (χ4n) is 2.42. The Bertz CT molecular complexity index is 633. The highest BCUT2D eigenvalue weighted by atomic mass is 32.2. The van der Waals surface area contributed by atoms with Crippen LogP contribution in [0.25, 0.3) is 0 Å². The molecule has 0 N–H and O–H groups in total. The Morgan fingerprint density at radius 3 is 2.77 bits per heavy atom. The second-order valence-corrected chi connectivity index (χ2v) is 6.93. The molecular formula is C14H21N3O4S. The quantitative estimate of drug-likeness (QED) is 0.814. The Hall–Kier alpha value is -1.67. The molecule has 1 aliphatic heterocycles. The van der Waals surface area contributed by atoms with E-state index < -0.39 is 10.0 Å². The van der Waals surface area contributed by atoms with E-state index in [1.807, 2.05) is 0 Å². The van der Waals surface area contributed by atoms with Crippen molar-refractivity contribution in [1.82, 2.24) is 14.2 Å². The van der Waals surface area contributed by atoms with Crippen molar-refractivity contribution < 1.29 is 17.9 Å². The number of pyridine rings is 1. The molecule has 1 aromatic rings. The third kappa shape index (κ3) is 3.56. The SMILES string of the molecule is CCOc1ccncc1S(=O)(=O)N1CCCN(C(C)=O)CC1. The van der Waals surface area contributed by atoms with Gasteiger partial charge in [-0.15, -0.1) is 0 Å². The Balaban J connectivity index is 2.25. The molecule has 1 fully saturated rings. The van der Waals surface area contributed by atoms with Gasteiger partial charge >= 0.3 is 0 Å². The molecule has 22 heavy (non-hydrogen) atoms. The average Bonchev–Trinajstić information content (AvgIpc) is 2.74. The highest BCUT2D eigenvalue weighted by Crippen LogP contribution is 2.26. The number of aromatic nitrogens is 1. The largest absolute Gasteiger partial charge is 0.492 e. The maximum absolute atomic E-state index is 12.8. The summed E-state index contributed by atoms with van der Waals surface area (Å²) in [7, 11) is -3.68. The first-order chi connectivity index (χ1) is 10.5. The lowest BCUT2D eigenvalue weighted by Gasteiger charge is -2.22. The van der Waals surface area contributed by atoms with Crippen LogP contribution in [-0.2, 0) is 14.8 Å². The number of amides is 1. The van der Waals surface area contributed by atoms with Crippen LogP contribution in [0.3, 0.4) is 0 Å². The van der Waals surface area contributed by atoms with Crippen LogP contribution in [0.4, 0.5) is 0 Å². The predicted molar refractivity (Wildman–Crippen MR) is 81.0 cm³/mol. The highest BCUT2D eigenvalue weighted by Gasteiger charge is 2.30. The van der Waals surface area contributed by atoms with Crippen molar-refractivity contribution in [2.75, 3.05) is 32.8 Å². The topological polar surface area (TPSA) is 79.8 Å². The summed E-state index contributed by atoms with van der Waals surface area (Å²) in [6.45, 7) is 5.32. The summed E-state index contributed by atoms with van der Waals surface area (Å²) in [5.74, 6) is 0.279. The molecule has 0 atom stereocenters. The number of rotatable bonds is 4. The number of nitrogens with zero attached hydrogens (tertiary/aromatic N) is 3. The summed E-state index contributed by atoms with van der Waals surface area (Å²) in [5, 5.41) is 0. The molecule has 0 saturated carbocycles. The van der Waals surface area contributed by atoms with Gasteiger partial charge in [-0.1, -0.05) is 0 Å². The fraction of sp³-hybridized carbons (Fsp3) is 0.571. The molecule has 7 nitrogen and oxygen atoms in total. The zero-order chi connectivity index (χ0) is 16.2. The van der Waals surface area contributed by atoms with Gasteiger partial charge in [-0.3, -0.25) is 9.78 Å². The number of sulfonamides is 1. The molecule has 122 valence electrons. The Morgan fingerprint density at radius 2 is 2.09 bits per heavy atom. The molecule has 0 radical (unpaired) electrons. The van der Waals surface area contributed by atoms with Crippen LogP contribution in [0.1, 0.15) is 20.3 Å². The smallest absolute Gasteiger partial charge is 0.248 e. The highest BCUT2D eigenvalue weighted by molar-refractivity contribution is 7.89. The molecule has 0 aromatic carbocycles. The van der Waals surface area contributed by atoms with E-state index >= 15 is 0 Å². The number of hydrogen-bond acceptors (Lipinski definition) is 5.